The van der Waals surface area contributed by atoms with Gasteiger partial charge in [-0.3, -0.25) is 4.79 Å². The predicted molar refractivity (Wildman–Crippen MR) is 85.3 cm³/mol. The molecule has 6 heteroatoms. The molecule has 1 heterocycles. The Bertz CT molecular complexity index is 620. The monoisotopic (exact) mass is 341 g/mol. The van der Waals surface area contributed by atoms with Gasteiger partial charge in [0.2, 0.25) is 5.91 Å². The largest absolute Gasteiger partial charge is 0.416 e. The molecule has 2 aromatic rings. The van der Waals surface area contributed by atoms with Crippen molar-refractivity contribution < 1.29 is 18.0 Å². The lowest BCUT2D eigenvalue weighted by molar-refractivity contribution is -0.137. The van der Waals surface area contributed by atoms with Gasteiger partial charge in [-0.25, -0.2) is 0 Å². The SMILES string of the molecule is C[C@@H](NC(=O)CCCc1cccs1)c1ccc(C(F)(F)F)cc1. The summed E-state index contributed by atoms with van der Waals surface area (Å²) in [6, 6.07) is 8.58. The highest BCUT2D eigenvalue weighted by molar-refractivity contribution is 7.09. The Morgan fingerprint density at radius 3 is 2.48 bits per heavy atom. The second kappa shape index (κ2) is 7.64. The summed E-state index contributed by atoms with van der Waals surface area (Å²) in [7, 11) is 0. The average Bonchev–Trinajstić information content (AvgIpc) is 2.99. The fraction of sp³-hybridized carbons (Fsp3) is 0.353. The van der Waals surface area contributed by atoms with Gasteiger partial charge < -0.3 is 5.32 Å². The van der Waals surface area contributed by atoms with Gasteiger partial charge in [0.25, 0.3) is 0 Å². The molecule has 0 spiro atoms. The molecule has 1 N–H and O–H groups in total. The van der Waals surface area contributed by atoms with Crippen LogP contribution in [0.25, 0.3) is 0 Å². The summed E-state index contributed by atoms with van der Waals surface area (Å²) < 4.78 is 37.6. The number of halogens is 3. The zero-order chi connectivity index (χ0) is 16.9. The number of carbonyl (C=O) groups is 1. The number of hydrogen-bond donors (Lipinski definition) is 1. The molecule has 23 heavy (non-hydrogen) atoms. The third kappa shape index (κ3) is 5.39. The maximum atomic E-state index is 12.5. The van der Waals surface area contributed by atoms with E-state index in [-0.39, 0.29) is 11.9 Å². The predicted octanol–water partition coefficient (Wildman–Crippen LogP) is 4.97. The second-order valence-corrected chi connectivity index (χ2v) is 6.37. The number of thiophene rings is 1. The molecular formula is C17H18F3NOS. The zero-order valence-electron chi connectivity index (χ0n) is 12.7. The first kappa shape index (κ1) is 17.5. The molecule has 0 radical (unpaired) electrons. The van der Waals surface area contributed by atoms with Crippen molar-refractivity contribution in [2.75, 3.05) is 0 Å². The van der Waals surface area contributed by atoms with E-state index in [0.717, 1.165) is 25.0 Å². The van der Waals surface area contributed by atoms with E-state index in [1.165, 1.54) is 17.0 Å². The first-order valence-electron chi connectivity index (χ1n) is 7.35. The standard InChI is InChI=1S/C17H18F3NOS/c1-12(13-7-9-14(10-8-13)17(18,19)20)21-16(22)6-2-4-15-5-3-11-23-15/h3,5,7-12H,2,4,6H2,1H3,(H,21,22)/t12-/m1/s1. The molecule has 0 aliphatic heterocycles. The van der Waals surface area contributed by atoms with Crippen LogP contribution in [0.3, 0.4) is 0 Å². The maximum absolute atomic E-state index is 12.5. The lowest BCUT2D eigenvalue weighted by Crippen LogP contribution is -2.26. The molecule has 0 unspecified atom stereocenters. The summed E-state index contributed by atoms with van der Waals surface area (Å²) >= 11 is 1.67. The molecule has 2 rings (SSSR count). The van der Waals surface area contributed by atoms with Crippen LogP contribution in [0.5, 0.6) is 0 Å². The molecule has 1 amide bonds. The van der Waals surface area contributed by atoms with E-state index in [1.54, 1.807) is 18.3 Å². The minimum Gasteiger partial charge on any atom is -0.350 e. The summed E-state index contributed by atoms with van der Waals surface area (Å²) in [6.45, 7) is 1.76. The maximum Gasteiger partial charge on any atom is 0.416 e. The highest BCUT2D eigenvalue weighted by atomic mass is 32.1. The van der Waals surface area contributed by atoms with Gasteiger partial charge in [0.15, 0.2) is 0 Å². The fourth-order valence-electron chi connectivity index (χ4n) is 2.24. The van der Waals surface area contributed by atoms with Crippen molar-refractivity contribution >= 4 is 17.2 Å². The summed E-state index contributed by atoms with van der Waals surface area (Å²) in [5, 5.41) is 4.82. The van der Waals surface area contributed by atoms with E-state index in [0.29, 0.717) is 12.0 Å². The van der Waals surface area contributed by atoms with Crippen molar-refractivity contribution in [3.8, 4) is 0 Å². The molecular weight excluding hydrogens is 323 g/mol. The van der Waals surface area contributed by atoms with Crippen molar-refractivity contribution in [2.24, 2.45) is 0 Å². The van der Waals surface area contributed by atoms with Gasteiger partial charge in [-0.15, -0.1) is 11.3 Å². The van der Waals surface area contributed by atoms with Crippen LogP contribution in [-0.4, -0.2) is 5.91 Å². The minimum absolute atomic E-state index is 0.0889. The van der Waals surface area contributed by atoms with Crippen LogP contribution in [0.4, 0.5) is 13.2 Å². The molecule has 0 aliphatic rings. The number of carbonyl (C=O) groups excluding carboxylic acids is 1. The summed E-state index contributed by atoms with van der Waals surface area (Å²) in [5.41, 5.74) is -0.0275. The van der Waals surface area contributed by atoms with E-state index < -0.39 is 11.7 Å². The van der Waals surface area contributed by atoms with E-state index in [9.17, 15) is 18.0 Å². The Balaban J connectivity index is 1.81. The number of benzene rings is 1. The van der Waals surface area contributed by atoms with Gasteiger partial charge in [-0.05, 0) is 48.9 Å². The molecule has 0 saturated heterocycles. The number of alkyl halides is 3. The van der Waals surface area contributed by atoms with E-state index in [2.05, 4.69) is 5.32 Å². The Morgan fingerprint density at radius 1 is 1.22 bits per heavy atom. The van der Waals surface area contributed by atoms with Crippen LogP contribution in [0.2, 0.25) is 0 Å². The Morgan fingerprint density at radius 2 is 1.91 bits per heavy atom. The second-order valence-electron chi connectivity index (χ2n) is 5.34. The first-order chi connectivity index (χ1) is 10.9. The number of nitrogens with one attached hydrogen (secondary N) is 1. The van der Waals surface area contributed by atoms with Crippen LogP contribution >= 0.6 is 11.3 Å². The minimum atomic E-state index is -4.34. The highest BCUT2D eigenvalue weighted by Crippen LogP contribution is 2.29. The third-order valence-electron chi connectivity index (χ3n) is 3.52. The van der Waals surface area contributed by atoms with E-state index in [1.807, 2.05) is 17.5 Å². The van der Waals surface area contributed by atoms with Crippen LogP contribution < -0.4 is 5.32 Å². The highest BCUT2D eigenvalue weighted by Gasteiger charge is 2.30. The topological polar surface area (TPSA) is 29.1 Å². The number of rotatable bonds is 6. The van der Waals surface area contributed by atoms with E-state index in [4.69, 9.17) is 0 Å². The zero-order valence-corrected chi connectivity index (χ0v) is 13.5. The number of amides is 1. The van der Waals surface area contributed by atoms with Crippen molar-refractivity contribution in [3.63, 3.8) is 0 Å². The van der Waals surface area contributed by atoms with Gasteiger partial charge in [0.05, 0.1) is 11.6 Å². The summed E-state index contributed by atoms with van der Waals surface area (Å²) in [5.74, 6) is -0.0889. The van der Waals surface area contributed by atoms with E-state index >= 15 is 0 Å². The molecule has 1 aromatic heterocycles. The molecule has 0 saturated carbocycles. The molecule has 124 valence electrons. The van der Waals surface area contributed by atoms with Gasteiger partial charge in [-0.1, -0.05) is 18.2 Å². The van der Waals surface area contributed by atoms with Gasteiger partial charge in [0.1, 0.15) is 0 Å². The van der Waals surface area contributed by atoms with Gasteiger partial charge >= 0.3 is 6.18 Å². The molecule has 1 atom stereocenters. The molecule has 0 aliphatic carbocycles. The average molecular weight is 341 g/mol. The Kier molecular flexibility index (Phi) is 5.82. The van der Waals surface area contributed by atoms with Gasteiger partial charge in [0, 0.05) is 11.3 Å². The van der Waals surface area contributed by atoms with Crippen molar-refractivity contribution in [1.29, 1.82) is 0 Å². The van der Waals surface area contributed by atoms with Crippen LogP contribution in [0.1, 0.15) is 41.8 Å². The summed E-state index contributed by atoms with van der Waals surface area (Å²) in [4.78, 5) is 13.1. The quantitative estimate of drug-likeness (QED) is 0.790. The third-order valence-corrected chi connectivity index (χ3v) is 4.46. The molecule has 0 bridgehead atoms. The Labute approximate surface area is 137 Å². The fourth-order valence-corrected chi connectivity index (χ4v) is 2.99. The Hall–Kier alpha value is -1.82. The van der Waals surface area contributed by atoms with Crippen molar-refractivity contribution in [1.82, 2.24) is 5.32 Å². The van der Waals surface area contributed by atoms with Crippen LogP contribution in [-0.2, 0) is 17.4 Å². The normalized spacial score (nSPS) is 12.9. The summed E-state index contributed by atoms with van der Waals surface area (Å²) in [6.07, 6.45) is -2.32. The lowest BCUT2D eigenvalue weighted by Gasteiger charge is -2.15. The van der Waals surface area contributed by atoms with Crippen molar-refractivity contribution in [3.05, 3.63) is 57.8 Å². The first-order valence-corrected chi connectivity index (χ1v) is 8.23. The lowest BCUT2D eigenvalue weighted by atomic mass is 10.1. The van der Waals surface area contributed by atoms with Crippen molar-refractivity contribution in [2.45, 2.75) is 38.4 Å². The van der Waals surface area contributed by atoms with Gasteiger partial charge in [-0.2, -0.15) is 13.2 Å². The number of aryl methyl sites for hydroxylation is 1. The number of hydrogen-bond acceptors (Lipinski definition) is 2. The smallest absolute Gasteiger partial charge is 0.350 e. The molecule has 1 aromatic carbocycles. The van der Waals surface area contributed by atoms with Crippen LogP contribution in [0, 0.1) is 0 Å². The molecule has 0 fully saturated rings. The van der Waals surface area contributed by atoms with Crippen LogP contribution in [0.15, 0.2) is 41.8 Å². The molecule has 2 nitrogen and oxygen atoms in total.